The normalized spacial score (nSPS) is 20.0. The number of hydrogen-bond donors (Lipinski definition) is 1. The molecule has 1 aliphatic heterocycles. The van der Waals surface area contributed by atoms with Crippen LogP contribution in [0.1, 0.15) is 48.0 Å². The Kier molecular flexibility index (Phi) is 4.46. The third kappa shape index (κ3) is 3.53. The number of Topliss-reactive ketones (excluding diaryl/α,β-unsaturated/α-hetero) is 1. The van der Waals surface area contributed by atoms with Gasteiger partial charge in [-0.2, -0.15) is 0 Å². The molecule has 6 heteroatoms. The van der Waals surface area contributed by atoms with Crippen molar-refractivity contribution >= 4 is 23.5 Å². The van der Waals surface area contributed by atoms with Gasteiger partial charge in [0.05, 0.1) is 6.42 Å². The molecule has 1 saturated carbocycles. The van der Waals surface area contributed by atoms with E-state index < -0.39 is 11.9 Å². The maximum Gasteiger partial charge on any atom is 0.249 e. The highest BCUT2D eigenvalue weighted by Crippen LogP contribution is 2.31. The highest BCUT2D eigenvalue weighted by atomic mass is 16.2. The van der Waals surface area contributed by atoms with Gasteiger partial charge in [-0.25, -0.2) is 0 Å². The lowest BCUT2D eigenvalue weighted by Gasteiger charge is -2.26. The number of carbonyl (C=O) groups is 4. The van der Waals surface area contributed by atoms with E-state index in [1.165, 1.54) is 4.90 Å². The molecule has 1 N–H and O–H groups in total. The lowest BCUT2D eigenvalue weighted by atomic mass is 10.0. The van der Waals surface area contributed by atoms with Gasteiger partial charge in [-0.3, -0.25) is 24.5 Å². The molecule has 0 spiro atoms. The highest BCUT2D eigenvalue weighted by molar-refractivity contribution is 6.07. The molecule has 2 fully saturated rings. The topological polar surface area (TPSA) is 83.6 Å². The Morgan fingerprint density at radius 1 is 1.12 bits per heavy atom. The fourth-order valence-corrected chi connectivity index (χ4v) is 2.98. The van der Waals surface area contributed by atoms with E-state index >= 15 is 0 Å². The lowest BCUT2D eigenvalue weighted by Crippen LogP contribution is -2.46. The summed E-state index contributed by atoms with van der Waals surface area (Å²) in [5.74, 6) is -1.08. The number of nitrogens with zero attached hydrogens (tertiary/aromatic N) is 1. The Balaban J connectivity index is 1.62. The second-order valence-electron chi connectivity index (χ2n) is 6.45. The number of carbonyl (C=O) groups excluding carboxylic acids is 4. The predicted octanol–water partition coefficient (Wildman–Crippen LogP) is 1.36. The maximum absolute atomic E-state index is 12.5. The van der Waals surface area contributed by atoms with Gasteiger partial charge in [-0.05, 0) is 19.8 Å². The van der Waals surface area contributed by atoms with Gasteiger partial charge in [-0.15, -0.1) is 0 Å². The number of benzene rings is 1. The maximum atomic E-state index is 12.5. The summed E-state index contributed by atoms with van der Waals surface area (Å²) in [6.45, 7) is 1.94. The first-order chi connectivity index (χ1) is 11.5. The number of aryl methyl sites for hydroxylation is 1. The van der Waals surface area contributed by atoms with Gasteiger partial charge in [0.2, 0.25) is 17.7 Å². The molecule has 2 aliphatic rings. The van der Waals surface area contributed by atoms with Crippen molar-refractivity contribution in [3.63, 3.8) is 0 Å². The molecule has 126 valence electrons. The van der Waals surface area contributed by atoms with Crippen LogP contribution >= 0.6 is 0 Å². The van der Waals surface area contributed by atoms with Crippen molar-refractivity contribution in [2.24, 2.45) is 0 Å². The minimum Gasteiger partial charge on any atom is -0.327 e. The highest BCUT2D eigenvalue weighted by Gasteiger charge is 2.44. The Bertz CT molecular complexity index is 691. The van der Waals surface area contributed by atoms with Crippen LogP contribution in [0.25, 0.3) is 0 Å². The number of amides is 3. The number of imide groups is 1. The van der Waals surface area contributed by atoms with Crippen LogP contribution in [0, 0.1) is 6.92 Å². The second-order valence-corrected chi connectivity index (χ2v) is 6.45. The minimum atomic E-state index is -0.716. The third-order valence-corrected chi connectivity index (χ3v) is 4.45. The molecule has 0 bridgehead atoms. The molecule has 1 aromatic carbocycles. The predicted molar refractivity (Wildman–Crippen MR) is 86.2 cm³/mol. The quantitative estimate of drug-likeness (QED) is 0.631. The summed E-state index contributed by atoms with van der Waals surface area (Å²) >= 11 is 0. The molecule has 1 atom stereocenters. The molecule has 1 aromatic rings. The molecule has 6 nitrogen and oxygen atoms in total. The zero-order valence-corrected chi connectivity index (χ0v) is 13.6. The number of nitrogens with one attached hydrogen (secondary N) is 1. The van der Waals surface area contributed by atoms with Crippen LogP contribution < -0.4 is 5.32 Å². The standard InChI is InChI=1S/C18H20N2O4/c1-11-2-4-12(5-3-11)15(21)8-9-17(23)20(13-6-7-13)14-10-16(22)19-18(14)24/h2-5,13-14H,6-10H2,1H3,(H,19,22,24)/t14-/m1/s1. The van der Waals surface area contributed by atoms with Crippen molar-refractivity contribution in [2.75, 3.05) is 0 Å². The average Bonchev–Trinajstić information content (AvgIpc) is 3.31. The van der Waals surface area contributed by atoms with Crippen molar-refractivity contribution in [1.29, 1.82) is 0 Å². The summed E-state index contributed by atoms with van der Waals surface area (Å²) < 4.78 is 0. The van der Waals surface area contributed by atoms with E-state index in [1.54, 1.807) is 12.1 Å². The molecule has 3 amide bonds. The molecule has 24 heavy (non-hydrogen) atoms. The van der Waals surface area contributed by atoms with Gasteiger partial charge < -0.3 is 4.90 Å². The summed E-state index contributed by atoms with van der Waals surface area (Å²) in [6, 6.07) is 6.54. The Labute approximate surface area is 140 Å². The smallest absolute Gasteiger partial charge is 0.249 e. The summed E-state index contributed by atoms with van der Waals surface area (Å²) in [6.07, 6.45) is 1.87. The van der Waals surface area contributed by atoms with Crippen LogP contribution in [0.15, 0.2) is 24.3 Å². The molecule has 3 rings (SSSR count). The van der Waals surface area contributed by atoms with Crippen LogP contribution in [0.3, 0.4) is 0 Å². The molecule has 0 unspecified atom stereocenters. The Morgan fingerprint density at radius 3 is 2.33 bits per heavy atom. The molecule has 1 heterocycles. The van der Waals surface area contributed by atoms with Crippen molar-refractivity contribution in [2.45, 2.75) is 51.1 Å². The van der Waals surface area contributed by atoms with E-state index in [2.05, 4.69) is 5.32 Å². The minimum absolute atomic E-state index is 0.0208. The molecular weight excluding hydrogens is 308 g/mol. The van der Waals surface area contributed by atoms with E-state index in [0.29, 0.717) is 5.56 Å². The van der Waals surface area contributed by atoms with Crippen molar-refractivity contribution in [3.05, 3.63) is 35.4 Å². The van der Waals surface area contributed by atoms with Crippen LogP contribution in [0.5, 0.6) is 0 Å². The van der Waals surface area contributed by atoms with Crippen LogP contribution in [0.2, 0.25) is 0 Å². The van der Waals surface area contributed by atoms with Gasteiger partial charge in [0.25, 0.3) is 0 Å². The van der Waals surface area contributed by atoms with Gasteiger partial charge in [0.1, 0.15) is 6.04 Å². The van der Waals surface area contributed by atoms with Crippen LogP contribution in [0.4, 0.5) is 0 Å². The van der Waals surface area contributed by atoms with Crippen molar-refractivity contribution in [3.8, 4) is 0 Å². The van der Waals surface area contributed by atoms with E-state index in [-0.39, 0.29) is 42.9 Å². The summed E-state index contributed by atoms with van der Waals surface area (Å²) in [7, 11) is 0. The molecule has 0 radical (unpaired) electrons. The zero-order chi connectivity index (χ0) is 17.3. The van der Waals surface area contributed by atoms with Crippen LogP contribution in [-0.4, -0.2) is 40.5 Å². The van der Waals surface area contributed by atoms with E-state index in [0.717, 1.165) is 18.4 Å². The fourth-order valence-electron chi connectivity index (χ4n) is 2.98. The number of ketones is 1. The first kappa shape index (κ1) is 16.4. The molecular formula is C18H20N2O4. The zero-order valence-electron chi connectivity index (χ0n) is 13.6. The SMILES string of the molecule is Cc1ccc(C(=O)CCC(=O)N(C2CC2)[C@@H]2CC(=O)NC2=O)cc1. The summed E-state index contributed by atoms with van der Waals surface area (Å²) in [5.41, 5.74) is 1.65. The van der Waals surface area contributed by atoms with E-state index in [1.807, 2.05) is 19.1 Å². The average molecular weight is 328 g/mol. The number of rotatable bonds is 6. The molecule has 1 aliphatic carbocycles. The van der Waals surface area contributed by atoms with Gasteiger partial charge in [-0.1, -0.05) is 29.8 Å². The Morgan fingerprint density at radius 2 is 1.79 bits per heavy atom. The monoisotopic (exact) mass is 328 g/mol. The lowest BCUT2D eigenvalue weighted by molar-refractivity contribution is -0.139. The van der Waals surface area contributed by atoms with Crippen molar-refractivity contribution in [1.82, 2.24) is 10.2 Å². The largest absolute Gasteiger partial charge is 0.327 e. The molecule has 0 aromatic heterocycles. The first-order valence-electron chi connectivity index (χ1n) is 8.20. The second kappa shape index (κ2) is 6.55. The van der Waals surface area contributed by atoms with Gasteiger partial charge in [0, 0.05) is 24.4 Å². The third-order valence-electron chi connectivity index (χ3n) is 4.45. The van der Waals surface area contributed by atoms with Crippen molar-refractivity contribution < 1.29 is 19.2 Å². The summed E-state index contributed by atoms with van der Waals surface area (Å²) in [4.78, 5) is 49.5. The Hall–Kier alpha value is -2.50. The van der Waals surface area contributed by atoms with Crippen LogP contribution in [-0.2, 0) is 14.4 Å². The summed E-state index contributed by atoms with van der Waals surface area (Å²) in [5, 5.41) is 2.24. The fraction of sp³-hybridized carbons (Fsp3) is 0.444. The van der Waals surface area contributed by atoms with E-state index in [4.69, 9.17) is 0 Å². The van der Waals surface area contributed by atoms with Gasteiger partial charge in [0.15, 0.2) is 5.78 Å². The first-order valence-corrected chi connectivity index (χ1v) is 8.20. The number of hydrogen-bond acceptors (Lipinski definition) is 4. The van der Waals surface area contributed by atoms with E-state index in [9.17, 15) is 19.2 Å². The molecule has 1 saturated heterocycles. The van der Waals surface area contributed by atoms with Gasteiger partial charge >= 0.3 is 0 Å².